The molecule has 0 aliphatic rings. The fourth-order valence-electron chi connectivity index (χ4n) is 2.28. The highest BCUT2D eigenvalue weighted by Gasteiger charge is 2.10. The van der Waals surface area contributed by atoms with E-state index in [1.807, 2.05) is 6.07 Å². The number of nitrogens with one attached hydrogen (secondary N) is 1. The molecule has 2 aromatic rings. The van der Waals surface area contributed by atoms with E-state index in [0.29, 0.717) is 6.04 Å². The van der Waals surface area contributed by atoms with E-state index < -0.39 is 0 Å². The molecule has 0 aliphatic carbocycles. The van der Waals surface area contributed by atoms with Gasteiger partial charge in [0, 0.05) is 18.2 Å². The second-order valence-electron chi connectivity index (χ2n) is 5.54. The van der Waals surface area contributed by atoms with Crippen molar-refractivity contribution in [3.8, 4) is 16.9 Å². The van der Waals surface area contributed by atoms with Gasteiger partial charge in [0.05, 0.1) is 6.61 Å². The van der Waals surface area contributed by atoms with Crippen molar-refractivity contribution >= 4 is 0 Å². The Balaban J connectivity index is 2.33. The lowest BCUT2D eigenvalue weighted by atomic mass is 9.98. The first-order valence-electron chi connectivity index (χ1n) is 7.76. The molecular formula is C19H25NO. The van der Waals surface area contributed by atoms with Gasteiger partial charge < -0.3 is 10.1 Å². The van der Waals surface area contributed by atoms with Crippen molar-refractivity contribution in [3.05, 3.63) is 54.1 Å². The summed E-state index contributed by atoms with van der Waals surface area (Å²) in [6.07, 6.45) is 1.02. The zero-order valence-electron chi connectivity index (χ0n) is 13.2. The minimum Gasteiger partial charge on any atom is -0.493 e. The maximum Gasteiger partial charge on any atom is 0.127 e. The van der Waals surface area contributed by atoms with Gasteiger partial charge in [0.1, 0.15) is 5.75 Å². The molecule has 2 aromatic carbocycles. The lowest BCUT2D eigenvalue weighted by Crippen LogP contribution is -2.22. The zero-order valence-corrected chi connectivity index (χ0v) is 13.2. The van der Waals surface area contributed by atoms with Crippen LogP contribution in [0.4, 0.5) is 0 Å². The lowest BCUT2D eigenvalue weighted by Gasteiger charge is -2.16. The predicted octanol–water partition coefficient (Wildman–Crippen LogP) is 4.64. The van der Waals surface area contributed by atoms with Crippen molar-refractivity contribution in [3.63, 3.8) is 0 Å². The maximum atomic E-state index is 5.90. The van der Waals surface area contributed by atoms with Gasteiger partial charge in [0.25, 0.3) is 0 Å². The van der Waals surface area contributed by atoms with Crippen LogP contribution in [0.5, 0.6) is 5.75 Å². The summed E-state index contributed by atoms with van der Waals surface area (Å²) in [5.74, 6) is 0.969. The largest absolute Gasteiger partial charge is 0.493 e. The summed E-state index contributed by atoms with van der Waals surface area (Å²) < 4.78 is 5.90. The van der Waals surface area contributed by atoms with Gasteiger partial charge in [0.15, 0.2) is 0 Å². The monoisotopic (exact) mass is 283 g/mol. The molecule has 112 valence electrons. The molecule has 0 aliphatic heterocycles. The molecule has 2 nitrogen and oxygen atoms in total. The Kier molecular flexibility index (Phi) is 5.82. The molecule has 0 unspecified atom stereocenters. The van der Waals surface area contributed by atoms with Crippen LogP contribution >= 0.6 is 0 Å². The third-order valence-electron chi connectivity index (χ3n) is 3.36. The highest BCUT2D eigenvalue weighted by molar-refractivity contribution is 5.73. The van der Waals surface area contributed by atoms with Gasteiger partial charge >= 0.3 is 0 Å². The summed E-state index contributed by atoms with van der Waals surface area (Å²) in [7, 11) is 0. The molecule has 0 heterocycles. The Morgan fingerprint density at radius 1 is 0.952 bits per heavy atom. The zero-order chi connectivity index (χ0) is 15.1. The lowest BCUT2D eigenvalue weighted by molar-refractivity contribution is 0.318. The number of hydrogen-bond acceptors (Lipinski definition) is 2. The first-order valence-corrected chi connectivity index (χ1v) is 7.76. The highest BCUT2D eigenvalue weighted by Crippen LogP contribution is 2.32. The number of para-hydroxylation sites is 1. The number of rotatable bonds is 7. The summed E-state index contributed by atoms with van der Waals surface area (Å²) in [6.45, 7) is 8.09. The van der Waals surface area contributed by atoms with Crippen LogP contribution in [-0.2, 0) is 6.54 Å². The molecular weight excluding hydrogens is 258 g/mol. The van der Waals surface area contributed by atoms with Crippen LogP contribution in [0.1, 0.15) is 32.8 Å². The molecule has 0 atom stereocenters. The third-order valence-corrected chi connectivity index (χ3v) is 3.36. The number of benzene rings is 2. The van der Waals surface area contributed by atoms with Gasteiger partial charge in [-0.1, -0.05) is 63.2 Å². The van der Waals surface area contributed by atoms with Crippen molar-refractivity contribution in [2.75, 3.05) is 6.61 Å². The predicted molar refractivity (Wildman–Crippen MR) is 89.6 cm³/mol. The van der Waals surface area contributed by atoms with E-state index in [0.717, 1.165) is 25.3 Å². The summed E-state index contributed by atoms with van der Waals surface area (Å²) in [6, 6.07) is 17.3. The van der Waals surface area contributed by atoms with Crippen molar-refractivity contribution in [1.29, 1.82) is 0 Å². The molecule has 0 saturated carbocycles. The fraction of sp³-hybridized carbons (Fsp3) is 0.368. The first-order chi connectivity index (χ1) is 10.2. The minimum atomic E-state index is 0.477. The standard InChI is InChI=1S/C19H25NO/c1-4-13-21-19-12-8-7-11-18(19)17-10-6-5-9-16(17)14-20-15(2)3/h5-12,15,20H,4,13-14H2,1-3H3. The van der Waals surface area contributed by atoms with E-state index >= 15 is 0 Å². The second-order valence-corrected chi connectivity index (χ2v) is 5.54. The van der Waals surface area contributed by atoms with Crippen molar-refractivity contribution in [1.82, 2.24) is 5.32 Å². The maximum absolute atomic E-state index is 5.90. The smallest absolute Gasteiger partial charge is 0.127 e. The van der Waals surface area contributed by atoms with Crippen LogP contribution in [0.25, 0.3) is 11.1 Å². The second kappa shape index (κ2) is 7.84. The molecule has 0 saturated heterocycles. The molecule has 0 aromatic heterocycles. The Hall–Kier alpha value is -1.80. The molecule has 0 fully saturated rings. The number of ether oxygens (including phenoxy) is 1. The van der Waals surface area contributed by atoms with E-state index in [-0.39, 0.29) is 0 Å². The van der Waals surface area contributed by atoms with Gasteiger partial charge in [0.2, 0.25) is 0 Å². The minimum absolute atomic E-state index is 0.477. The van der Waals surface area contributed by atoms with Crippen molar-refractivity contribution in [2.24, 2.45) is 0 Å². The van der Waals surface area contributed by atoms with Crippen molar-refractivity contribution in [2.45, 2.75) is 39.8 Å². The Labute approximate surface area is 128 Å². The van der Waals surface area contributed by atoms with Gasteiger partial charge in [-0.25, -0.2) is 0 Å². The van der Waals surface area contributed by atoms with E-state index in [2.05, 4.69) is 68.6 Å². The SMILES string of the molecule is CCCOc1ccccc1-c1ccccc1CNC(C)C. The van der Waals surface area contributed by atoms with Gasteiger partial charge in [-0.3, -0.25) is 0 Å². The molecule has 2 rings (SSSR count). The van der Waals surface area contributed by atoms with E-state index in [9.17, 15) is 0 Å². The summed E-state index contributed by atoms with van der Waals surface area (Å²) in [5.41, 5.74) is 3.73. The summed E-state index contributed by atoms with van der Waals surface area (Å²) in [5, 5.41) is 3.49. The molecule has 0 bridgehead atoms. The molecule has 0 spiro atoms. The van der Waals surface area contributed by atoms with Crippen LogP contribution in [0.3, 0.4) is 0 Å². The van der Waals surface area contributed by atoms with Crippen molar-refractivity contribution < 1.29 is 4.74 Å². The highest BCUT2D eigenvalue weighted by atomic mass is 16.5. The average molecular weight is 283 g/mol. The topological polar surface area (TPSA) is 21.3 Å². The van der Waals surface area contributed by atoms with Gasteiger partial charge in [-0.15, -0.1) is 0 Å². The van der Waals surface area contributed by atoms with E-state index in [1.54, 1.807) is 0 Å². The van der Waals surface area contributed by atoms with Crippen LogP contribution in [0.2, 0.25) is 0 Å². The average Bonchev–Trinajstić information content (AvgIpc) is 2.51. The molecule has 2 heteroatoms. The first kappa shape index (κ1) is 15.6. The third kappa shape index (κ3) is 4.33. The quantitative estimate of drug-likeness (QED) is 0.799. The van der Waals surface area contributed by atoms with Crippen LogP contribution in [0, 0.1) is 0 Å². The molecule has 0 radical (unpaired) electrons. The fourth-order valence-corrected chi connectivity index (χ4v) is 2.28. The van der Waals surface area contributed by atoms with Crippen LogP contribution < -0.4 is 10.1 Å². The van der Waals surface area contributed by atoms with Crippen LogP contribution in [0.15, 0.2) is 48.5 Å². The van der Waals surface area contributed by atoms with Gasteiger partial charge in [-0.05, 0) is 23.6 Å². The van der Waals surface area contributed by atoms with E-state index in [1.165, 1.54) is 16.7 Å². The van der Waals surface area contributed by atoms with Crippen LogP contribution in [-0.4, -0.2) is 12.6 Å². The Morgan fingerprint density at radius 3 is 2.33 bits per heavy atom. The summed E-state index contributed by atoms with van der Waals surface area (Å²) in [4.78, 5) is 0. The van der Waals surface area contributed by atoms with Gasteiger partial charge in [-0.2, -0.15) is 0 Å². The number of hydrogen-bond donors (Lipinski definition) is 1. The summed E-state index contributed by atoms with van der Waals surface area (Å²) >= 11 is 0. The molecule has 1 N–H and O–H groups in total. The Bertz CT molecular complexity index is 563. The Morgan fingerprint density at radius 2 is 1.62 bits per heavy atom. The molecule has 21 heavy (non-hydrogen) atoms. The molecule has 0 amide bonds. The van der Waals surface area contributed by atoms with E-state index in [4.69, 9.17) is 4.74 Å². The normalized spacial score (nSPS) is 10.9.